The van der Waals surface area contributed by atoms with E-state index in [4.69, 9.17) is 16.3 Å². The number of nitrogens with zero attached hydrogens (tertiary/aromatic N) is 1. The smallest absolute Gasteiger partial charge is 0.127 e. The minimum absolute atomic E-state index is 0.0553. The molecule has 0 fully saturated rings. The van der Waals surface area contributed by atoms with Gasteiger partial charge in [-0.3, -0.25) is 4.98 Å². The third-order valence-electron chi connectivity index (χ3n) is 1.54. The molecule has 1 aromatic heterocycles. The Morgan fingerprint density at radius 3 is 3.00 bits per heavy atom. The fourth-order valence-electron chi connectivity index (χ4n) is 0.980. The first kappa shape index (κ1) is 9.33. The maximum atomic E-state index is 5.92. The minimum atomic E-state index is -0.0553. The number of pyridine rings is 1. The largest absolute Gasteiger partial charge is 0.493 e. The van der Waals surface area contributed by atoms with E-state index in [0.29, 0.717) is 6.61 Å². The Bertz CT molecular complexity index is 250. The van der Waals surface area contributed by atoms with Crippen LogP contribution < -0.4 is 4.74 Å². The zero-order valence-corrected chi connectivity index (χ0v) is 8.01. The molecular formula is C9H12ClNO. The molecule has 66 valence electrons. The molecule has 0 amide bonds. The Morgan fingerprint density at radius 1 is 1.67 bits per heavy atom. The highest BCUT2D eigenvalue weighted by Gasteiger charge is 2.07. The molecule has 12 heavy (non-hydrogen) atoms. The molecular weight excluding hydrogens is 174 g/mol. The second-order valence-corrected chi connectivity index (χ2v) is 3.12. The van der Waals surface area contributed by atoms with E-state index >= 15 is 0 Å². The zero-order chi connectivity index (χ0) is 8.97. The highest BCUT2D eigenvalue weighted by molar-refractivity contribution is 6.20. The lowest BCUT2D eigenvalue weighted by Crippen LogP contribution is -1.97. The molecule has 1 rings (SSSR count). The van der Waals surface area contributed by atoms with Crippen LogP contribution in [0.3, 0.4) is 0 Å². The maximum absolute atomic E-state index is 5.92. The third-order valence-corrected chi connectivity index (χ3v) is 1.77. The number of ether oxygens (including phenoxy) is 1. The molecule has 1 aromatic rings. The maximum Gasteiger partial charge on any atom is 0.127 e. The van der Waals surface area contributed by atoms with Crippen molar-refractivity contribution in [1.29, 1.82) is 0 Å². The summed E-state index contributed by atoms with van der Waals surface area (Å²) < 4.78 is 5.37. The Kier molecular flexibility index (Phi) is 3.35. The Hall–Kier alpha value is -0.760. The molecule has 0 aliphatic carbocycles. The van der Waals surface area contributed by atoms with Crippen LogP contribution in [0.4, 0.5) is 0 Å². The number of rotatable bonds is 3. The van der Waals surface area contributed by atoms with Gasteiger partial charge in [-0.15, -0.1) is 11.6 Å². The van der Waals surface area contributed by atoms with Crippen LogP contribution in [0.15, 0.2) is 18.5 Å². The van der Waals surface area contributed by atoms with Crippen LogP contribution in [0.5, 0.6) is 5.75 Å². The van der Waals surface area contributed by atoms with E-state index in [1.54, 1.807) is 12.4 Å². The fraction of sp³-hybridized carbons (Fsp3) is 0.444. The Balaban J connectivity index is 2.92. The summed E-state index contributed by atoms with van der Waals surface area (Å²) in [5.74, 6) is 0.829. The standard InChI is InChI=1S/C9H12ClNO/c1-3-12-9-4-5-11-6-8(9)7(2)10/h4-7H,3H2,1-2H3. The molecule has 0 spiro atoms. The van der Waals surface area contributed by atoms with E-state index in [9.17, 15) is 0 Å². The van der Waals surface area contributed by atoms with Crippen LogP contribution in [0, 0.1) is 0 Å². The number of hydrogen-bond acceptors (Lipinski definition) is 2. The Morgan fingerprint density at radius 2 is 2.42 bits per heavy atom. The van der Waals surface area contributed by atoms with Gasteiger partial charge in [-0.2, -0.15) is 0 Å². The zero-order valence-electron chi connectivity index (χ0n) is 7.25. The average Bonchev–Trinajstić information content (AvgIpc) is 2.05. The van der Waals surface area contributed by atoms with Crippen molar-refractivity contribution < 1.29 is 4.74 Å². The highest BCUT2D eigenvalue weighted by Crippen LogP contribution is 2.27. The van der Waals surface area contributed by atoms with Crippen molar-refractivity contribution >= 4 is 11.6 Å². The number of hydrogen-bond donors (Lipinski definition) is 0. The summed E-state index contributed by atoms with van der Waals surface area (Å²) in [4.78, 5) is 3.98. The fourth-order valence-corrected chi connectivity index (χ4v) is 1.14. The molecule has 2 nitrogen and oxygen atoms in total. The van der Waals surface area contributed by atoms with E-state index in [2.05, 4.69) is 4.98 Å². The summed E-state index contributed by atoms with van der Waals surface area (Å²) in [6.45, 7) is 4.50. The highest BCUT2D eigenvalue weighted by atomic mass is 35.5. The van der Waals surface area contributed by atoms with Gasteiger partial charge in [0, 0.05) is 18.0 Å². The summed E-state index contributed by atoms with van der Waals surface area (Å²) in [6, 6.07) is 1.83. The van der Waals surface area contributed by atoms with Gasteiger partial charge >= 0.3 is 0 Å². The van der Waals surface area contributed by atoms with Gasteiger partial charge in [-0.25, -0.2) is 0 Å². The van der Waals surface area contributed by atoms with Gasteiger partial charge in [-0.1, -0.05) is 0 Å². The second kappa shape index (κ2) is 4.31. The SMILES string of the molecule is CCOc1ccncc1C(C)Cl. The van der Waals surface area contributed by atoms with Gasteiger partial charge in [0.05, 0.1) is 12.0 Å². The lowest BCUT2D eigenvalue weighted by Gasteiger charge is -2.09. The van der Waals surface area contributed by atoms with Crippen LogP contribution in [0.25, 0.3) is 0 Å². The van der Waals surface area contributed by atoms with Crippen molar-refractivity contribution in [2.24, 2.45) is 0 Å². The second-order valence-electron chi connectivity index (χ2n) is 2.46. The summed E-state index contributed by atoms with van der Waals surface area (Å²) in [7, 11) is 0. The summed E-state index contributed by atoms with van der Waals surface area (Å²) in [6.07, 6.45) is 3.44. The summed E-state index contributed by atoms with van der Waals surface area (Å²) >= 11 is 5.92. The number of alkyl halides is 1. The van der Waals surface area contributed by atoms with Crippen molar-refractivity contribution in [1.82, 2.24) is 4.98 Å². The first-order valence-electron chi connectivity index (χ1n) is 3.96. The molecule has 0 radical (unpaired) electrons. The molecule has 1 heterocycles. The predicted molar refractivity (Wildman–Crippen MR) is 49.7 cm³/mol. The topological polar surface area (TPSA) is 22.1 Å². The Labute approximate surface area is 77.5 Å². The van der Waals surface area contributed by atoms with E-state index in [0.717, 1.165) is 11.3 Å². The quantitative estimate of drug-likeness (QED) is 0.676. The number of aromatic nitrogens is 1. The van der Waals surface area contributed by atoms with E-state index < -0.39 is 0 Å². The van der Waals surface area contributed by atoms with E-state index in [-0.39, 0.29) is 5.38 Å². The van der Waals surface area contributed by atoms with Crippen LogP contribution in [-0.2, 0) is 0 Å². The van der Waals surface area contributed by atoms with Gasteiger partial charge in [-0.05, 0) is 19.9 Å². The van der Waals surface area contributed by atoms with Crippen LogP contribution >= 0.6 is 11.6 Å². The van der Waals surface area contributed by atoms with Gasteiger partial charge in [0.15, 0.2) is 0 Å². The molecule has 0 aromatic carbocycles. The van der Waals surface area contributed by atoms with Crippen molar-refractivity contribution in [3.63, 3.8) is 0 Å². The number of halogens is 1. The molecule has 0 aliphatic heterocycles. The monoisotopic (exact) mass is 185 g/mol. The van der Waals surface area contributed by atoms with Crippen LogP contribution in [-0.4, -0.2) is 11.6 Å². The average molecular weight is 186 g/mol. The van der Waals surface area contributed by atoms with Crippen LogP contribution in [0.2, 0.25) is 0 Å². The van der Waals surface area contributed by atoms with Gasteiger partial charge in [0.1, 0.15) is 5.75 Å². The summed E-state index contributed by atoms with van der Waals surface area (Å²) in [5, 5.41) is -0.0553. The van der Waals surface area contributed by atoms with Crippen molar-refractivity contribution in [2.45, 2.75) is 19.2 Å². The van der Waals surface area contributed by atoms with Crippen molar-refractivity contribution in [2.75, 3.05) is 6.61 Å². The van der Waals surface area contributed by atoms with Crippen molar-refractivity contribution in [3.8, 4) is 5.75 Å². The van der Waals surface area contributed by atoms with Crippen molar-refractivity contribution in [3.05, 3.63) is 24.0 Å². The molecule has 1 atom stereocenters. The molecule has 0 N–H and O–H groups in total. The molecule has 0 saturated carbocycles. The minimum Gasteiger partial charge on any atom is -0.493 e. The van der Waals surface area contributed by atoms with E-state index in [1.807, 2.05) is 19.9 Å². The molecule has 0 saturated heterocycles. The lowest BCUT2D eigenvalue weighted by atomic mass is 10.2. The third kappa shape index (κ3) is 2.11. The first-order valence-corrected chi connectivity index (χ1v) is 4.40. The first-order chi connectivity index (χ1) is 5.75. The molecule has 0 bridgehead atoms. The summed E-state index contributed by atoms with van der Waals surface area (Å²) in [5.41, 5.74) is 0.945. The van der Waals surface area contributed by atoms with Crippen LogP contribution in [0.1, 0.15) is 24.8 Å². The van der Waals surface area contributed by atoms with Gasteiger partial charge in [0.2, 0.25) is 0 Å². The molecule has 3 heteroatoms. The van der Waals surface area contributed by atoms with Gasteiger partial charge < -0.3 is 4.74 Å². The molecule has 0 aliphatic rings. The van der Waals surface area contributed by atoms with E-state index in [1.165, 1.54) is 0 Å². The predicted octanol–water partition coefficient (Wildman–Crippen LogP) is 2.78. The lowest BCUT2D eigenvalue weighted by molar-refractivity contribution is 0.336. The molecule has 1 unspecified atom stereocenters. The normalized spacial score (nSPS) is 12.6. The van der Waals surface area contributed by atoms with Gasteiger partial charge in [0.25, 0.3) is 0 Å².